The lowest BCUT2D eigenvalue weighted by molar-refractivity contribution is -0.121. The van der Waals surface area contributed by atoms with Crippen LogP contribution in [0.3, 0.4) is 0 Å². The average molecular weight is 408 g/mol. The summed E-state index contributed by atoms with van der Waals surface area (Å²) in [4.78, 5) is 23.7. The standard InChI is InChI=1S/C22H20N2O4S/c1-2-27-21(26)16-7-10-18(11-8-16)23-22(29)24-20(25)14-28-19-12-9-15-5-3-4-6-17(15)13-19/h3-13H,2,14H2,1H3,(H2,23,24,25,29). The molecule has 0 fully saturated rings. The van der Waals surface area contributed by atoms with E-state index in [0.717, 1.165) is 10.8 Å². The van der Waals surface area contributed by atoms with Crippen LogP contribution in [-0.2, 0) is 9.53 Å². The molecule has 0 aliphatic carbocycles. The van der Waals surface area contributed by atoms with E-state index in [9.17, 15) is 9.59 Å². The summed E-state index contributed by atoms with van der Waals surface area (Å²) < 4.78 is 10.5. The Bertz CT molecular complexity index is 1030. The molecule has 0 aromatic heterocycles. The van der Waals surface area contributed by atoms with Crippen LogP contribution < -0.4 is 15.4 Å². The number of hydrogen-bond acceptors (Lipinski definition) is 5. The highest BCUT2D eigenvalue weighted by Crippen LogP contribution is 2.20. The second-order valence-corrected chi connectivity index (χ2v) is 6.51. The van der Waals surface area contributed by atoms with E-state index in [1.807, 2.05) is 42.5 Å². The molecule has 6 nitrogen and oxygen atoms in total. The molecule has 0 aliphatic heterocycles. The van der Waals surface area contributed by atoms with E-state index in [0.29, 0.717) is 23.6 Å². The van der Waals surface area contributed by atoms with Gasteiger partial charge in [0.1, 0.15) is 5.75 Å². The molecule has 0 spiro atoms. The summed E-state index contributed by atoms with van der Waals surface area (Å²) >= 11 is 5.14. The summed E-state index contributed by atoms with van der Waals surface area (Å²) in [6.45, 7) is 1.90. The Hall–Kier alpha value is -3.45. The Kier molecular flexibility index (Phi) is 6.76. The average Bonchev–Trinajstić information content (AvgIpc) is 2.72. The van der Waals surface area contributed by atoms with Crippen molar-refractivity contribution < 1.29 is 19.1 Å². The van der Waals surface area contributed by atoms with Crippen molar-refractivity contribution in [2.45, 2.75) is 6.92 Å². The molecule has 148 valence electrons. The molecule has 0 atom stereocenters. The number of hydrogen-bond donors (Lipinski definition) is 2. The van der Waals surface area contributed by atoms with Gasteiger partial charge in [0.15, 0.2) is 11.7 Å². The quantitative estimate of drug-likeness (QED) is 0.476. The second-order valence-electron chi connectivity index (χ2n) is 6.10. The molecule has 3 rings (SSSR count). The first kappa shape index (κ1) is 20.3. The SMILES string of the molecule is CCOC(=O)c1ccc(NC(=S)NC(=O)COc2ccc3ccccc3c2)cc1. The molecule has 7 heteroatoms. The highest BCUT2D eigenvalue weighted by atomic mass is 32.1. The largest absolute Gasteiger partial charge is 0.484 e. The van der Waals surface area contributed by atoms with Crippen molar-refractivity contribution in [1.29, 1.82) is 0 Å². The zero-order chi connectivity index (χ0) is 20.6. The Morgan fingerprint density at radius 3 is 2.41 bits per heavy atom. The number of fused-ring (bicyclic) bond motifs is 1. The van der Waals surface area contributed by atoms with Crippen molar-refractivity contribution >= 4 is 45.7 Å². The monoisotopic (exact) mass is 408 g/mol. The van der Waals surface area contributed by atoms with Crippen LogP contribution in [0.2, 0.25) is 0 Å². The molecule has 0 saturated carbocycles. The maximum Gasteiger partial charge on any atom is 0.338 e. The summed E-state index contributed by atoms with van der Waals surface area (Å²) in [6, 6.07) is 20.1. The summed E-state index contributed by atoms with van der Waals surface area (Å²) in [5, 5.41) is 7.72. The summed E-state index contributed by atoms with van der Waals surface area (Å²) in [7, 11) is 0. The number of thiocarbonyl (C=S) groups is 1. The zero-order valence-corrected chi connectivity index (χ0v) is 16.6. The van der Waals surface area contributed by atoms with Gasteiger partial charge in [0.25, 0.3) is 5.91 Å². The highest BCUT2D eigenvalue weighted by molar-refractivity contribution is 7.80. The van der Waals surface area contributed by atoms with Crippen molar-refractivity contribution in [3.05, 3.63) is 72.3 Å². The van der Waals surface area contributed by atoms with E-state index in [1.54, 1.807) is 31.2 Å². The van der Waals surface area contributed by atoms with Crippen molar-refractivity contribution in [3.8, 4) is 5.75 Å². The second kappa shape index (κ2) is 9.66. The maximum atomic E-state index is 12.1. The zero-order valence-electron chi connectivity index (χ0n) is 15.8. The lowest BCUT2D eigenvalue weighted by Gasteiger charge is -2.11. The van der Waals surface area contributed by atoms with Gasteiger partial charge < -0.3 is 14.8 Å². The molecule has 0 unspecified atom stereocenters. The van der Waals surface area contributed by atoms with Gasteiger partial charge in [-0.1, -0.05) is 30.3 Å². The van der Waals surface area contributed by atoms with Gasteiger partial charge in [-0.05, 0) is 66.3 Å². The van der Waals surface area contributed by atoms with Gasteiger partial charge in [-0.2, -0.15) is 0 Å². The number of benzene rings is 3. The molecule has 2 N–H and O–H groups in total. The van der Waals surface area contributed by atoms with Crippen LogP contribution in [0.4, 0.5) is 5.69 Å². The highest BCUT2D eigenvalue weighted by Gasteiger charge is 2.08. The molecular weight excluding hydrogens is 388 g/mol. The molecule has 0 bridgehead atoms. The van der Waals surface area contributed by atoms with Crippen molar-refractivity contribution in [1.82, 2.24) is 5.32 Å². The van der Waals surface area contributed by atoms with Gasteiger partial charge in [-0.15, -0.1) is 0 Å². The predicted molar refractivity (Wildman–Crippen MR) is 116 cm³/mol. The first-order chi connectivity index (χ1) is 14.0. The van der Waals surface area contributed by atoms with E-state index >= 15 is 0 Å². The molecule has 3 aromatic rings. The smallest absolute Gasteiger partial charge is 0.338 e. The lowest BCUT2D eigenvalue weighted by Crippen LogP contribution is -2.37. The van der Waals surface area contributed by atoms with Gasteiger partial charge in [0.2, 0.25) is 0 Å². The Morgan fingerprint density at radius 2 is 1.69 bits per heavy atom. The van der Waals surface area contributed by atoms with E-state index < -0.39 is 0 Å². The number of ether oxygens (including phenoxy) is 2. The van der Waals surface area contributed by atoms with Crippen LogP contribution in [0, 0.1) is 0 Å². The van der Waals surface area contributed by atoms with E-state index in [1.165, 1.54) is 0 Å². The molecule has 1 amide bonds. The fourth-order valence-corrected chi connectivity index (χ4v) is 2.87. The minimum atomic E-state index is -0.388. The van der Waals surface area contributed by atoms with Crippen LogP contribution in [0.5, 0.6) is 5.75 Å². The Morgan fingerprint density at radius 1 is 0.966 bits per heavy atom. The summed E-state index contributed by atoms with van der Waals surface area (Å²) in [5.41, 5.74) is 1.08. The van der Waals surface area contributed by atoms with Crippen molar-refractivity contribution in [2.24, 2.45) is 0 Å². The topological polar surface area (TPSA) is 76.7 Å². The Labute approximate surface area is 173 Å². The van der Waals surface area contributed by atoms with Crippen LogP contribution in [0.25, 0.3) is 10.8 Å². The molecule has 0 heterocycles. The third kappa shape index (κ3) is 5.76. The molecular formula is C22H20N2O4S. The lowest BCUT2D eigenvalue weighted by atomic mass is 10.1. The number of nitrogens with one attached hydrogen (secondary N) is 2. The van der Waals surface area contributed by atoms with E-state index in [4.69, 9.17) is 21.7 Å². The molecule has 29 heavy (non-hydrogen) atoms. The number of anilines is 1. The maximum absolute atomic E-state index is 12.1. The number of esters is 1. The number of amides is 1. The molecule has 0 aliphatic rings. The fraction of sp³-hybridized carbons (Fsp3) is 0.136. The first-order valence-electron chi connectivity index (χ1n) is 9.05. The van der Waals surface area contributed by atoms with Crippen LogP contribution in [0.15, 0.2) is 66.7 Å². The third-order valence-electron chi connectivity index (χ3n) is 4.00. The molecule has 0 saturated heterocycles. The van der Waals surface area contributed by atoms with Crippen LogP contribution in [0.1, 0.15) is 17.3 Å². The van der Waals surface area contributed by atoms with E-state index in [2.05, 4.69) is 10.6 Å². The third-order valence-corrected chi connectivity index (χ3v) is 4.20. The fourth-order valence-electron chi connectivity index (χ4n) is 2.64. The van der Waals surface area contributed by atoms with Gasteiger partial charge in [0, 0.05) is 5.69 Å². The van der Waals surface area contributed by atoms with Gasteiger partial charge in [-0.3, -0.25) is 10.1 Å². The van der Waals surface area contributed by atoms with Crippen molar-refractivity contribution in [2.75, 3.05) is 18.5 Å². The molecule has 0 radical (unpaired) electrons. The van der Waals surface area contributed by atoms with Gasteiger partial charge in [0.05, 0.1) is 12.2 Å². The van der Waals surface area contributed by atoms with Gasteiger partial charge in [-0.25, -0.2) is 4.79 Å². The number of rotatable bonds is 6. The van der Waals surface area contributed by atoms with Crippen molar-refractivity contribution in [3.63, 3.8) is 0 Å². The normalized spacial score (nSPS) is 10.2. The minimum Gasteiger partial charge on any atom is -0.484 e. The van der Waals surface area contributed by atoms with E-state index in [-0.39, 0.29) is 23.6 Å². The predicted octanol–water partition coefficient (Wildman–Crippen LogP) is 3.91. The number of carbonyl (C=O) groups is 2. The summed E-state index contributed by atoms with van der Waals surface area (Å²) in [6.07, 6.45) is 0. The minimum absolute atomic E-state index is 0.140. The first-order valence-corrected chi connectivity index (χ1v) is 9.45. The Balaban J connectivity index is 1.48. The van der Waals surface area contributed by atoms with Gasteiger partial charge >= 0.3 is 5.97 Å². The summed E-state index contributed by atoms with van der Waals surface area (Å²) in [5.74, 6) is -0.160. The van der Waals surface area contributed by atoms with Crippen LogP contribution >= 0.6 is 12.2 Å². The van der Waals surface area contributed by atoms with Crippen LogP contribution in [-0.4, -0.2) is 30.2 Å². The molecule has 3 aromatic carbocycles. The number of carbonyl (C=O) groups excluding carboxylic acids is 2.